The van der Waals surface area contributed by atoms with E-state index >= 15 is 0 Å². The highest BCUT2D eigenvalue weighted by Gasteiger charge is 2.34. The molecule has 0 atom stereocenters. The van der Waals surface area contributed by atoms with Gasteiger partial charge in [-0.25, -0.2) is 13.1 Å². The standard InChI is InChI=1S/C10H21NO3S/c1-2-8-15(13,14)11-10(9-12)6-4-3-5-7-10/h11-12H,2-9H2,1H3. The Morgan fingerprint density at radius 2 is 1.87 bits per heavy atom. The maximum atomic E-state index is 11.6. The first-order chi connectivity index (χ1) is 7.04. The molecule has 4 nitrogen and oxygen atoms in total. The Kier molecular flexibility index (Phi) is 4.55. The van der Waals surface area contributed by atoms with Gasteiger partial charge >= 0.3 is 0 Å². The summed E-state index contributed by atoms with van der Waals surface area (Å²) in [5, 5.41) is 9.35. The third-order valence-corrected chi connectivity index (χ3v) is 4.65. The summed E-state index contributed by atoms with van der Waals surface area (Å²) < 4.78 is 26.0. The summed E-state index contributed by atoms with van der Waals surface area (Å²) in [5.74, 6) is 0.148. The minimum absolute atomic E-state index is 0.0874. The van der Waals surface area contributed by atoms with Crippen molar-refractivity contribution in [2.45, 2.75) is 51.0 Å². The van der Waals surface area contributed by atoms with E-state index in [1.807, 2.05) is 6.92 Å². The van der Waals surface area contributed by atoms with Crippen LogP contribution in [0, 0.1) is 0 Å². The number of nitrogens with one attached hydrogen (secondary N) is 1. The predicted octanol–water partition coefficient (Wildman–Crippen LogP) is 1.01. The van der Waals surface area contributed by atoms with Crippen LogP contribution >= 0.6 is 0 Å². The Bertz CT molecular complexity index is 281. The summed E-state index contributed by atoms with van der Waals surface area (Å²) in [4.78, 5) is 0. The Morgan fingerprint density at radius 3 is 2.33 bits per heavy atom. The number of sulfonamides is 1. The molecule has 1 aliphatic rings. The van der Waals surface area contributed by atoms with Crippen LogP contribution in [-0.4, -0.2) is 31.4 Å². The van der Waals surface area contributed by atoms with Gasteiger partial charge in [-0.3, -0.25) is 0 Å². The highest BCUT2D eigenvalue weighted by atomic mass is 32.2. The van der Waals surface area contributed by atoms with E-state index in [0.29, 0.717) is 6.42 Å². The fourth-order valence-corrected chi connectivity index (χ4v) is 3.74. The van der Waals surface area contributed by atoms with Gasteiger partial charge in [0, 0.05) is 0 Å². The van der Waals surface area contributed by atoms with Crippen LogP contribution in [0.25, 0.3) is 0 Å². The Balaban J connectivity index is 2.66. The van der Waals surface area contributed by atoms with Crippen molar-refractivity contribution < 1.29 is 13.5 Å². The van der Waals surface area contributed by atoms with Crippen molar-refractivity contribution in [3.8, 4) is 0 Å². The molecule has 0 aromatic heterocycles. The molecular weight excluding hydrogens is 214 g/mol. The second kappa shape index (κ2) is 5.27. The average Bonchev–Trinajstić information content (AvgIpc) is 2.18. The molecule has 1 rings (SSSR count). The van der Waals surface area contributed by atoms with E-state index in [1.54, 1.807) is 0 Å². The summed E-state index contributed by atoms with van der Waals surface area (Å²) in [7, 11) is -3.21. The molecule has 0 aliphatic heterocycles. The van der Waals surface area contributed by atoms with Crippen molar-refractivity contribution in [1.82, 2.24) is 4.72 Å². The van der Waals surface area contributed by atoms with Gasteiger partial charge in [-0.1, -0.05) is 26.2 Å². The molecule has 0 heterocycles. The van der Waals surface area contributed by atoms with Gasteiger partial charge in [-0.15, -0.1) is 0 Å². The summed E-state index contributed by atoms with van der Waals surface area (Å²) in [6, 6.07) is 0. The number of aliphatic hydroxyl groups excluding tert-OH is 1. The van der Waals surface area contributed by atoms with Crippen molar-refractivity contribution in [3.63, 3.8) is 0 Å². The van der Waals surface area contributed by atoms with E-state index in [1.165, 1.54) is 0 Å². The number of rotatable bonds is 5. The van der Waals surface area contributed by atoms with Crippen LogP contribution in [0.5, 0.6) is 0 Å². The van der Waals surface area contributed by atoms with Crippen LogP contribution in [-0.2, 0) is 10.0 Å². The molecule has 1 saturated carbocycles. The second-order valence-corrected chi connectivity index (χ2v) is 6.26. The first kappa shape index (κ1) is 12.9. The van der Waals surface area contributed by atoms with Gasteiger partial charge in [-0.2, -0.15) is 0 Å². The monoisotopic (exact) mass is 235 g/mol. The fourth-order valence-electron chi connectivity index (χ4n) is 2.17. The van der Waals surface area contributed by atoms with Gasteiger partial charge in [-0.05, 0) is 19.3 Å². The van der Waals surface area contributed by atoms with E-state index in [-0.39, 0.29) is 12.4 Å². The Hall–Kier alpha value is -0.130. The SMILES string of the molecule is CCCS(=O)(=O)NC1(CO)CCCCC1. The molecule has 2 N–H and O–H groups in total. The number of aliphatic hydroxyl groups is 1. The molecular formula is C10H21NO3S. The van der Waals surface area contributed by atoms with Gasteiger partial charge in [0.05, 0.1) is 17.9 Å². The van der Waals surface area contributed by atoms with Crippen molar-refractivity contribution in [1.29, 1.82) is 0 Å². The summed E-state index contributed by atoms with van der Waals surface area (Å²) >= 11 is 0. The van der Waals surface area contributed by atoms with E-state index in [2.05, 4.69) is 4.72 Å². The normalized spacial score (nSPS) is 21.5. The molecule has 0 aromatic carbocycles. The van der Waals surface area contributed by atoms with Crippen LogP contribution in [0.2, 0.25) is 0 Å². The van der Waals surface area contributed by atoms with E-state index in [0.717, 1.165) is 32.1 Å². The molecule has 5 heteroatoms. The minimum atomic E-state index is -3.21. The maximum Gasteiger partial charge on any atom is 0.212 e. The van der Waals surface area contributed by atoms with E-state index in [9.17, 15) is 13.5 Å². The van der Waals surface area contributed by atoms with Gasteiger partial charge in [0.15, 0.2) is 0 Å². The third-order valence-electron chi connectivity index (χ3n) is 2.96. The zero-order valence-electron chi connectivity index (χ0n) is 9.33. The molecule has 0 aromatic rings. The third kappa shape index (κ3) is 3.74. The molecule has 90 valence electrons. The molecule has 0 amide bonds. The largest absolute Gasteiger partial charge is 0.394 e. The van der Waals surface area contributed by atoms with E-state index in [4.69, 9.17) is 0 Å². The molecule has 0 unspecified atom stereocenters. The van der Waals surface area contributed by atoms with Crippen molar-refractivity contribution >= 4 is 10.0 Å². The van der Waals surface area contributed by atoms with Crippen LogP contribution in [0.1, 0.15) is 45.4 Å². The van der Waals surface area contributed by atoms with Crippen LogP contribution in [0.4, 0.5) is 0 Å². The van der Waals surface area contributed by atoms with Gasteiger partial charge in [0.2, 0.25) is 10.0 Å². The smallest absolute Gasteiger partial charge is 0.212 e. The molecule has 1 fully saturated rings. The van der Waals surface area contributed by atoms with Gasteiger partial charge in [0.1, 0.15) is 0 Å². The molecule has 1 aliphatic carbocycles. The average molecular weight is 235 g/mol. The highest BCUT2D eigenvalue weighted by Crippen LogP contribution is 2.28. The lowest BCUT2D eigenvalue weighted by atomic mass is 9.83. The van der Waals surface area contributed by atoms with Gasteiger partial charge < -0.3 is 5.11 Å². The highest BCUT2D eigenvalue weighted by molar-refractivity contribution is 7.89. The first-order valence-corrected chi connectivity index (χ1v) is 7.31. The Morgan fingerprint density at radius 1 is 1.27 bits per heavy atom. The first-order valence-electron chi connectivity index (χ1n) is 5.66. The summed E-state index contributed by atoms with van der Waals surface area (Å²) in [5.41, 5.74) is -0.577. The Labute approximate surface area is 92.1 Å². The zero-order valence-corrected chi connectivity index (χ0v) is 10.1. The van der Waals surface area contributed by atoms with Crippen molar-refractivity contribution in [2.24, 2.45) is 0 Å². The maximum absolute atomic E-state index is 11.6. The lowest BCUT2D eigenvalue weighted by Gasteiger charge is -2.35. The summed E-state index contributed by atoms with van der Waals surface area (Å²) in [6.45, 7) is 1.75. The number of hydrogen-bond acceptors (Lipinski definition) is 3. The van der Waals surface area contributed by atoms with Gasteiger partial charge in [0.25, 0.3) is 0 Å². The van der Waals surface area contributed by atoms with Crippen LogP contribution < -0.4 is 4.72 Å². The molecule has 0 bridgehead atoms. The van der Waals surface area contributed by atoms with Crippen LogP contribution in [0.3, 0.4) is 0 Å². The quantitative estimate of drug-likeness (QED) is 0.747. The van der Waals surface area contributed by atoms with Crippen molar-refractivity contribution in [2.75, 3.05) is 12.4 Å². The molecule has 0 saturated heterocycles. The lowest BCUT2D eigenvalue weighted by Crippen LogP contribution is -2.52. The minimum Gasteiger partial charge on any atom is -0.394 e. The van der Waals surface area contributed by atoms with Crippen molar-refractivity contribution in [3.05, 3.63) is 0 Å². The lowest BCUT2D eigenvalue weighted by molar-refractivity contribution is 0.142. The molecule has 0 spiro atoms. The van der Waals surface area contributed by atoms with Crippen LogP contribution in [0.15, 0.2) is 0 Å². The summed E-state index contributed by atoms with van der Waals surface area (Å²) in [6.07, 6.45) is 5.25. The van der Waals surface area contributed by atoms with E-state index < -0.39 is 15.6 Å². The second-order valence-electron chi connectivity index (χ2n) is 4.42. The topological polar surface area (TPSA) is 66.4 Å². The zero-order chi connectivity index (χ0) is 11.4. The molecule has 15 heavy (non-hydrogen) atoms. The number of hydrogen-bond donors (Lipinski definition) is 2. The molecule has 0 radical (unpaired) electrons. The fraction of sp³-hybridized carbons (Fsp3) is 1.00. The predicted molar refractivity (Wildman–Crippen MR) is 60.1 cm³/mol.